The van der Waals surface area contributed by atoms with Crippen molar-refractivity contribution < 1.29 is 4.74 Å². The van der Waals surface area contributed by atoms with Crippen LogP contribution in [0.15, 0.2) is 0 Å². The summed E-state index contributed by atoms with van der Waals surface area (Å²) in [5, 5.41) is 11.6. The Morgan fingerprint density at radius 3 is 3.10 bits per heavy atom. The normalized spacial score (nSPS) is 27.8. The molecule has 3 nitrogen and oxygen atoms in total. The standard InChI is InChI=1S/C7H12N2O/c1-6(4-8)10-7-2-3-9-5-7/h6-7,9H,2-3,5H2,1H3. The lowest BCUT2D eigenvalue weighted by atomic mass is 10.3. The van der Waals surface area contributed by atoms with Crippen molar-refractivity contribution in [2.24, 2.45) is 0 Å². The number of hydrogen-bond acceptors (Lipinski definition) is 3. The van der Waals surface area contributed by atoms with Crippen molar-refractivity contribution in [3.63, 3.8) is 0 Å². The van der Waals surface area contributed by atoms with E-state index in [-0.39, 0.29) is 12.2 Å². The van der Waals surface area contributed by atoms with Gasteiger partial charge in [0.15, 0.2) is 0 Å². The molecule has 1 saturated heterocycles. The number of nitriles is 1. The molecule has 0 radical (unpaired) electrons. The molecule has 0 aromatic rings. The fourth-order valence-electron chi connectivity index (χ4n) is 1.06. The molecule has 10 heavy (non-hydrogen) atoms. The first-order valence-corrected chi connectivity index (χ1v) is 3.58. The highest BCUT2D eigenvalue weighted by Gasteiger charge is 2.16. The van der Waals surface area contributed by atoms with Crippen LogP contribution in [0.3, 0.4) is 0 Å². The maximum atomic E-state index is 8.40. The Morgan fingerprint density at radius 1 is 1.80 bits per heavy atom. The van der Waals surface area contributed by atoms with Gasteiger partial charge in [-0.15, -0.1) is 0 Å². The lowest BCUT2D eigenvalue weighted by Gasteiger charge is -2.10. The van der Waals surface area contributed by atoms with Crippen molar-refractivity contribution in [1.82, 2.24) is 5.32 Å². The molecule has 1 fully saturated rings. The van der Waals surface area contributed by atoms with Gasteiger partial charge in [0.25, 0.3) is 0 Å². The third-order valence-electron chi connectivity index (χ3n) is 1.59. The third kappa shape index (κ3) is 1.98. The van der Waals surface area contributed by atoms with Crippen LogP contribution in [-0.4, -0.2) is 25.3 Å². The molecule has 1 aliphatic heterocycles. The molecular formula is C7H12N2O. The van der Waals surface area contributed by atoms with E-state index >= 15 is 0 Å². The zero-order valence-electron chi connectivity index (χ0n) is 6.13. The van der Waals surface area contributed by atoms with E-state index in [1.807, 2.05) is 6.07 Å². The van der Waals surface area contributed by atoms with Gasteiger partial charge < -0.3 is 10.1 Å². The van der Waals surface area contributed by atoms with Crippen LogP contribution in [0.1, 0.15) is 13.3 Å². The highest BCUT2D eigenvalue weighted by molar-refractivity contribution is 4.82. The molecule has 1 aliphatic rings. The van der Waals surface area contributed by atoms with Crippen molar-refractivity contribution >= 4 is 0 Å². The molecule has 0 aliphatic carbocycles. The molecule has 56 valence electrons. The minimum atomic E-state index is -0.259. The first-order valence-electron chi connectivity index (χ1n) is 3.58. The Hall–Kier alpha value is -0.590. The van der Waals surface area contributed by atoms with Gasteiger partial charge in [-0.1, -0.05) is 0 Å². The number of nitrogens with zero attached hydrogens (tertiary/aromatic N) is 1. The van der Waals surface area contributed by atoms with Crippen LogP contribution in [0, 0.1) is 11.3 Å². The van der Waals surface area contributed by atoms with Gasteiger partial charge in [-0.3, -0.25) is 0 Å². The van der Waals surface area contributed by atoms with Gasteiger partial charge in [0.1, 0.15) is 6.10 Å². The summed E-state index contributed by atoms with van der Waals surface area (Å²) in [6, 6.07) is 2.04. The van der Waals surface area contributed by atoms with Gasteiger partial charge in [-0.25, -0.2) is 0 Å². The number of rotatable bonds is 2. The SMILES string of the molecule is CC(C#N)OC1CCNC1. The summed E-state index contributed by atoms with van der Waals surface area (Å²) < 4.78 is 5.34. The van der Waals surface area contributed by atoms with Gasteiger partial charge >= 0.3 is 0 Å². The van der Waals surface area contributed by atoms with Crippen molar-refractivity contribution in [2.45, 2.75) is 25.6 Å². The van der Waals surface area contributed by atoms with Crippen LogP contribution in [0.4, 0.5) is 0 Å². The Morgan fingerprint density at radius 2 is 2.60 bits per heavy atom. The van der Waals surface area contributed by atoms with Crippen molar-refractivity contribution in [1.29, 1.82) is 5.26 Å². The van der Waals surface area contributed by atoms with Crippen molar-refractivity contribution in [3.05, 3.63) is 0 Å². The summed E-state index contributed by atoms with van der Waals surface area (Å²) in [5.74, 6) is 0. The second-order valence-electron chi connectivity index (χ2n) is 2.52. The smallest absolute Gasteiger partial charge is 0.141 e. The molecule has 0 amide bonds. The van der Waals surface area contributed by atoms with Crippen LogP contribution >= 0.6 is 0 Å². The van der Waals surface area contributed by atoms with Crippen LogP contribution in [0.25, 0.3) is 0 Å². The zero-order valence-corrected chi connectivity index (χ0v) is 6.13. The minimum absolute atomic E-state index is 0.259. The lowest BCUT2D eigenvalue weighted by molar-refractivity contribution is 0.0394. The molecule has 0 aromatic carbocycles. The van der Waals surface area contributed by atoms with E-state index in [1.165, 1.54) is 0 Å². The summed E-state index contributed by atoms with van der Waals surface area (Å²) in [6.07, 6.45) is 1.03. The second kappa shape index (κ2) is 3.55. The molecule has 0 bridgehead atoms. The molecule has 1 heterocycles. The molecule has 2 atom stereocenters. The van der Waals surface area contributed by atoms with Gasteiger partial charge in [-0.2, -0.15) is 5.26 Å². The first kappa shape index (κ1) is 7.52. The Kier molecular flexibility index (Phi) is 2.67. The summed E-state index contributed by atoms with van der Waals surface area (Å²) in [7, 11) is 0. The number of hydrogen-bond donors (Lipinski definition) is 1. The average molecular weight is 140 g/mol. The molecule has 0 spiro atoms. The summed E-state index contributed by atoms with van der Waals surface area (Å²) in [4.78, 5) is 0. The largest absolute Gasteiger partial charge is 0.359 e. The summed E-state index contributed by atoms with van der Waals surface area (Å²) >= 11 is 0. The monoisotopic (exact) mass is 140 g/mol. The predicted molar refractivity (Wildman–Crippen MR) is 37.4 cm³/mol. The van der Waals surface area contributed by atoms with Crippen LogP contribution in [-0.2, 0) is 4.74 Å². The highest BCUT2D eigenvalue weighted by Crippen LogP contribution is 2.05. The van der Waals surface area contributed by atoms with Gasteiger partial charge in [0.2, 0.25) is 0 Å². The summed E-state index contributed by atoms with van der Waals surface area (Å²) in [6.45, 7) is 3.69. The minimum Gasteiger partial charge on any atom is -0.359 e. The van der Waals surface area contributed by atoms with E-state index in [1.54, 1.807) is 6.92 Å². The van der Waals surface area contributed by atoms with Crippen molar-refractivity contribution in [3.8, 4) is 6.07 Å². The van der Waals surface area contributed by atoms with E-state index in [4.69, 9.17) is 10.00 Å². The number of ether oxygens (including phenoxy) is 1. The predicted octanol–water partition coefficient (Wildman–Crippen LogP) is 0.277. The molecule has 0 saturated carbocycles. The average Bonchev–Trinajstić information content (AvgIpc) is 2.40. The maximum absolute atomic E-state index is 8.40. The fraction of sp³-hybridized carbons (Fsp3) is 0.857. The van der Waals surface area contributed by atoms with Crippen molar-refractivity contribution in [2.75, 3.05) is 13.1 Å². The fourth-order valence-corrected chi connectivity index (χ4v) is 1.06. The lowest BCUT2D eigenvalue weighted by Crippen LogP contribution is -2.21. The Bertz CT molecular complexity index is 135. The van der Waals surface area contributed by atoms with E-state index in [2.05, 4.69) is 5.32 Å². The van der Waals surface area contributed by atoms with E-state index in [0.717, 1.165) is 19.5 Å². The van der Waals surface area contributed by atoms with E-state index in [0.29, 0.717) is 0 Å². The van der Waals surface area contributed by atoms with E-state index in [9.17, 15) is 0 Å². The summed E-state index contributed by atoms with van der Waals surface area (Å²) in [5.41, 5.74) is 0. The highest BCUT2D eigenvalue weighted by atomic mass is 16.5. The number of nitrogens with one attached hydrogen (secondary N) is 1. The Labute approximate surface area is 61.0 Å². The van der Waals surface area contributed by atoms with Gasteiger partial charge in [0.05, 0.1) is 12.2 Å². The van der Waals surface area contributed by atoms with Crippen LogP contribution in [0.2, 0.25) is 0 Å². The van der Waals surface area contributed by atoms with Crippen LogP contribution < -0.4 is 5.32 Å². The van der Waals surface area contributed by atoms with Gasteiger partial charge in [0, 0.05) is 6.54 Å². The first-order chi connectivity index (χ1) is 4.83. The van der Waals surface area contributed by atoms with Crippen LogP contribution in [0.5, 0.6) is 0 Å². The molecule has 1 rings (SSSR count). The second-order valence-corrected chi connectivity index (χ2v) is 2.52. The molecule has 1 N–H and O–H groups in total. The Balaban J connectivity index is 2.19. The molecule has 0 aromatic heterocycles. The molecule has 2 unspecified atom stereocenters. The zero-order chi connectivity index (χ0) is 7.40. The van der Waals surface area contributed by atoms with Gasteiger partial charge in [-0.05, 0) is 19.9 Å². The molecule has 3 heteroatoms. The third-order valence-corrected chi connectivity index (χ3v) is 1.59. The molecular weight excluding hydrogens is 128 g/mol. The maximum Gasteiger partial charge on any atom is 0.141 e. The van der Waals surface area contributed by atoms with E-state index < -0.39 is 0 Å². The quantitative estimate of drug-likeness (QED) is 0.599. The topological polar surface area (TPSA) is 45.0 Å².